The minimum Gasteiger partial charge on any atom is -0.480 e. The van der Waals surface area contributed by atoms with E-state index in [1.165, 1.54) is 17.5 Å². The third kappa shape index (κ3) is 3.84. The average Bonchev–Trinajstić information content (AvgIpc) is 2.91. The zero-order valence-electron chi connectivity index (χ0n) is 12.7. The van der Waals surface area contributed by atoms with Crippen molar-refractivity contribution in [3.8, 4) is 0 Å². The third-order valence-corrected chi connectivity index (χ3v) is 4.32. The molecule has 0 bridgehead atoms. The Morgan fingerprint density at radius 2 is 2.00 bits per heavy atom. The molecule has 4 nitrogen and oxygen atoms in total. The van der Waals surface area contributed by atoms with Gasteiger partial charge in [0.05, 0.1) is 6.42 Å². The van der Waals surface area contributed by atoms with Gasteiger partial charge in [-0.05, 0) is 41.9 Å². The van der Waals surface area contributed by atoms with Crippen molar-refractivity contribution in [2.45, 2.75) is 52.0 Å². The summed E-state index contributed by atoms with van der Waals surface area (Å²) in [4.78, 5) is 23.3. The smallest absolute Gasteiger partial charge is 0.326 e. The van der Waals surface area contributed by atoms with Crippen LogP contribution >= 0.6 is 0 Å². The fraction of sp³-hybridized carbons (Fsp3) is 0.529. The molecule has 1 aliphatic carbocycles. The van der Waals surface area contributed by atoms with E-state index in [9.17, 15) is 14.7 Å². The van der Waals surface area contributed by atoms with E-state index in [0.717, 1.165) is 24.8 Å². The van der Waals surface area contributed by atoms with Gasteiger partial charge in [-0.15, -0.1) is 0 Å². The highest BCUT2D eigenvalue weighted by Gasteiger charge is 2.25. The van der Waals surface area contributed by atoms with Crippen LogP contribution in [0.4, 0.5) is 0 Å². The van der Waals surface area contributed by atoms with E-state index in [-0.39, 0.29) is 18.2 Å². The average molecular weight is 289 g/mol. The maximum absolute atomic E-state index is 12.1. The number of aliphatic carboxylic acids is 1. The van der Waals surface area contributed by atoms with Gasteiger partial charge in [0.25, 0.3) is 0 Å². The molecule has 21 heavy (non-hydrogen) atoms. The standard InChI is InChI=1S/C17H23NO3/c1-3-11(2)16(17(20)21)18-15(19)10-12-7-8-13-5-4-6-14(13)9-12/h7-9,11,16H,3-6,10H2,1-2H3,(H,18,19)(H,20,21)/t11?,16-/m0/s1. The molecule has 0 saturated heterocycles. The zero-order valence-corrected chi connectivity index (χ0v) is 12.7. The summed E-state index contributed by atoms with van der Waals surface area (Å²) in [7, 11) is 0. The summed E-state index contributed by atoms with van der Waals surface area (Å²) in [6.45, 7) is 3.77. The summed E-state index contributed by atoms with van der Waals surface area (Å²) in [6, 6.07) is 5.34. The number of fused-ring (bicyclic) bond motifs is 1. The molecule has 1 unspecified atom stereocenters. The molecular formula is C17H23NO3. The Hall–Kier alpha value is -1.84. The number of carbonyl (C=O) groups is 2. The lowest BCUT2D eigenvalue weighted by Crippen LogP contribution is -2.45. The lowest BCUT2D eigenvalue weighted by atomic mass is 9.98. The van der Waals surface area contributed by atoms with Gasteiger partial charge in [-0.3, -0.25) is 4.79 Å². The molecule has 0 radical (unpaired) electrons. The molecule has 1 aromatic rings. The van der Waals surface area contributed by atoms with Crippen LogP contribution in [0.25, 0.3) is 0 Å². The van der Waals surface area contributed by atoms with Gasteiger partial charge < -0.3 is 10.4 Å². The molecule has 0 spiro atoms. The number of carboxylic acid groups (broad SMARTS) is 1. The normalized spacial score (nSPS) is 16.1. The first kappa shape index (κ1) is 15.5. The second kappa shape index (κ2) is 6.74. The molecule has 1 amide bonds. The molecule has 1 aliphatic rings. The molecular weight excluding hydrogens is 266 g/mol. The fourth-order valence-corrected chi connectivity index (χ4v) is 2.83. The van der Waals surface area contributed by atoms with Gasteiger partial charge >= 0.3 is 5.97 Å². The quantitative estimate of drug-likeness (QED) is 0.844. The number of aryl methyl sites for hydroxylation is 2. The monoisotopic (exact) mass is 289 g/mol. The number of carboxylic acids is 1. The van der Waals surface area contributed by atoms with E-state index in [4.69, 9.17) is 0 Å². The van der Waals surface area contributed by atoms with Crippen LogP contribution in [-0.4, -0.2) is 23.0 Å². The van der Waals surface area contributed by atoms with Crippen LogP contribution in [0.1, 0.15) is 43.4 Å². The van der Waals surface area contributed by atoms with Crippen molar-refractivity contribution in [2.75, 3.05) is 0 Å². The van der Waals surface area contributed by atoms with Gasteiger partial charge in [0.1, 0.15) is 6.04 Å². The van der Waals surface area contributed by atoms with E-state index in [1.807, 2.05) is 19.9 Å². The van der Waals surface area contributed by atoms with Crippen LogP contribution in [0.5, 0.6) is 0 Å². The largest absolute Gasteiger partial charge is 0.480 e. The van der Waals surface area contributed by atoms with Crippen LogP contribution in [0.2, 0.25) is 0 Å². The predicted molar refractivity (Wildman–Crippen MR) is 81.2 cm³/mol. The van der Waals surface area contributed by atoms with Crippen molar-refractivity contribution in [2.24, 2.45) is 5.92 Å². The Balaban J connectivity index is 1.99. The number of nitrogens with one attached hydrogen (secondary N) is 1. The molecule has 0 aromatic heterocycles. The SMILES string of the molecule is CCC(C)[C@H](NC(=O)Cc1ccc2c(c1)CCC2)C(=O)O. The number of rotatable bonds is 6. The van der Waals surface area contributed by atoms with E-state index in [0.29, 0.717) is 0 Å². The number of hydrogen-bond donors (Lipinski definition) is 2. The van der Waals surface area contributed by atoms with E-state index >= 15 is 0 Å². The molecule has 0 aliphatic heterocycles. The van der Waals surface area contributed by atoms with Crippen molar-refractivity contribution >= 4 is 11.9 Å². The van der Waals surface area contributed by atoms with Gasteiger partial charge in [0.15, 0.2) is 0 Å². The van der Waals surface area contributed by atoms with Crippen molar-refractivity contribution < 1.29 is 14.7 Å². The van der Waals surface area contributed by atoms with Crippen molar-refractivity contribution in [3.63, 3.8) is 0 Å². The molecule has 0 heterocycles. The Labute approximate surface area is 125 Å². The Morgan fingerprint density at radius 1 is 1.29 bits per heavy atom. The zero-order chi connectivity index (χ0) is 15.4. The lowest BCUT2D eigenvalue weighted by molar-refractivity contribution is -0.143. The fourth-order valence-electron chi connectivity index (χ4n) is 2.83. The summed E-state index contributed by atoms with van der Waals surface area (Å²) >= 11 is 0. The Kier molecular flexibility index (Phi) is 4.99. The molecule has 1 aromatic carbocycles. The topological polar surface area (TPSA) is 66.4 Å². The van der Waals surface area contributed by atoms with Gasteiger partial charge in [-0.25, -0.2) is 4.79 Å². The molecule has 114 valence electrons. The number of carbonyl (C=O) groups excluding carboxylic acids is 1. The summed E-state index contributed by atoms with van der Waals surface area (Å²) in [5.74, 6) is -1.27. The Morgan fingerprint density at radius 3 is 2.67 bits per heavy atom. The maximum atomic E-state index is 12.1. The number of amides is 1. The molecule has 2 rings (SSSR count). The van der Waals surface area contributed by atoms with Gasteiger partial charge in [0, 0.05) is 0 Å². The summed E-state index contributed by atoms with van der Waals surface area (Å²) in [5, 5.41) is 11.8. The minimum atomic E-state index is -0.966. The maximum Gasteiger partial charge on any atom is 0.326 e. The predicted octanol–water partition coefficient (Wildman–Crippen LogP) is 2.33. The van der Waals surface area contributed by atoms with E-state index in [2.05, 4.69) is 17.4 Å². The van der Waals surface area contributed by atoms with Crippen molar-refractivity contribution in [1.29, 1.82) is 0 Å². The van der Waals surface area contributed by atoms with E-state index in [1.54, 1.807) is 0 Å². The molecule has 2 N–H and O–H groups in total. The van der Waals surface area contributed by atoms with Crippen LogP contribution < -0.4 is 5.32 Å². The minimum absolute atomic E-state index is 0.0773. The van der Waals surface area contributed by atoms with Crippen LogP contribution in [0.3, 0.4) is 0 Å². The molecule has 0 fully saturated rings. The summed E-state index contributed by atoms with van der Waals surface area (Å²) < 4.78 is 0. The molecule has 2 atom stereocenters. The highest BCUT2D eigenvalue weighted by molar-refractivity contribution is 5.85. The first-order valence-electron chi connectivity index (χ1n) is 7.64. The van der Waals surface area contributed by atoms with Gasteiger partial charge in [-0.2, -0.15) is 0 Å². The van der Waals surface area contributed by atoms with E-state index < -0.39 is 12.0 Å². The Bertz CT molecular complexity index is 539. The lowest BCUT2D eigenvalue weighted by Gasteiger charge is -2.20. The first-order chi connectivity index (χ1) is 10.0. The van der Waals surface area contributed by atoms with Crippen LogP contribution in [-0.2, 0) is 28.9 Å². The second-order valence-corrected chi connectivity index (χ2v) is 5.90. The highest BCUT2D eigenvalue weighted by Crippen LogP contribution is 2.23. The second-order valence-electron chi connectivity index (χ2n) is 5.90. The molecule has 4 heteroatoms. The highest BCUT2D eigenvalue weighted by atomic mass is 16.4. The van der Waals surface area contributed by atoms with Crippen molar-refractivity contribution in [3.05, 3.63) is 34.9 Å². The van der Waals surface area contributed by atoms with Crippen molar-refractivity contribution in [1.82, 2.24) is 5.32 Å². The number of hydrogen-bond acceptors (Lipinski definition) is 2. The summed E-state index contributed by atoms with van der Waals surface area (Å²) in [5.41, 5.74) is 3.67. The summed E-state index contributed by atoms with van der Waals surface area (Å²) in [6.07, 6.45) is 4.34. The van der Waals surface area contributed by atoms with Crippen LogP contribution in [0.15, 0.2) is 18.2 Å². The van der Waals surface area contributed by atoms with Gasteiger partial charge in [-0.1, -0.05) is 38.5 Å². The molecule has 0 saturated carbocycles. The third-order valence-electron chi connectivity index (χ3n) is 4.32. The van der Waals surface area contributed by atoms with Gasteiger partial charge in [0.2, 0.25) is 5.91 Å². The number of benzene rings is 1. The first-order valence-corrected chi connectivity index (χ1v) is 7.64. The van der Waals surface area contributed by atoms with Crippen LogP contribution in [0, 0.1) is 5.92 Å².